The number of sulfone groups is 1. The van der Waals surface area contributed by atoms with Crippen LogP contribution in [0, 0.1) is 5.92 Å². The molecule has 3 N–H and O–H groups in total. The van der Waals surface area contributed by atoms with Crippen molar-refractivity contribution in [3.63, 3.8) is 0 Å². The molecule has 0 aromatic carbocycles. The Morgan fingerprint density at radius 2 is 2.12 bits per heavy atom. The molecule has 16 heavy (non-hydrogen) atoms. The normalized spacial score (nSPS) is 28.9. The van der Waals surface area contributed by atoms with Crippen LogP contribution in [0.3, 0.4) is 0 Å². The highest BCUT2D eigenvalue weighted by Gasteiger charge is 2.31. The fourth-order valence-corrected chi connectivity index (χ4v) is 4.57. The lowest BCUT2D eigenvalue weighted by molar-refractivity contribution is 0.279. The van der Waals surface area contributed by atoms with Crippen molar-refractivity contribution in [2.24, 2.45) is 11.7 Å². The van der Waals surface area contributed by atoms with Crippen molar-refractivity contribution >= 4 is 9.84 Å². The van der Waals surface area contributed by atoms with Crippen LogP contribution < -0.4 is 5.73 Å². The number of hydrogen-bond donors (Lipinski definition) is 2. The summed E-state index contributed by atoms with van der Waals surface area (Å²) in [5.74, 6) is 0.521. The second-order valence-corrected chi connectivity index (χ2v) is 7.32. The van der Waals surface area contributed by atoms with E-state index in [2.05, 4.69) is 6.92 Å². The average molecular weight is 249 g/mol. The highest BCUT2D eigenvalue weighted by molar-refractivity contribution is 7.92. The second kappa shape index (κ2) is 5.98. The van der Waals surface area contributed by atoms with Crippen LogP contribution in [-0.2, 0) is 9.84 Å². The summed E-state index contributed by atoms with van der Waals surface area (Å²) < 4.78 is 24.1. The van der Waals surface area contributed by atoms with Gasteiger partial charge in [0, 0.05) is 12.6 Å². The van der Waals surface area contributed by atoms with Gasteiger partial charge in [0.25, 0.3) is 0 Å². The van der Waals surface area contributed by atoms with E-state index in [-0.39, 0.29) is 17.6 Å². The van der Waals surface area contributed by atoms with Crippen LogP contribution in [0.2, 0.25) is 0 Å². The van der Waals surface area contributed by atoms with Gasteiger partial charge in [-0.2, -0.15) is 0 Å². The molecule has 3 atom stereocenters. The highest BCUT2D eigenvalue weighted by Crippen LogP contribution is 2.28. The second-order valence-electron chi connectivity index (χ2n) is 5.00. The van der Waals surface area contributed by atoms with Crippen molar-refractivity contribution in [2.75, 3.05) is 12.4 Å². The third kappa shape index (κ3) is 4.03. The zero-order valence-corrected chi connectivity index (χ0v) is 10.7. The molecule has 1 aliphatic carbocycles. The zero-order chi connectivity index (χ0) is 12.2. The first kappa shape index (κ1) is 13.9. The molecule has 1 saturated carbocycles. The van der Waals surface area contributed by atoms with Gasteiger partial charge < -0.3 is 10.8 Å². The van der Waals surface area contributed by atoms with E-state index in [9.17, 15) is 8.42 Å². The Morgan fingerprint density at radius 1 is 1.44 bits per heavy atom. The summed E-state index contributed by atoms with van der Waals surface area (Å²) in [6.07, 6.45) is 4.04. The minimum absolute atomic E-state index is 0.0188. The van der Waals surface area contributed by atoms with Gasteiger partial charge in [0.2, 0.25) is 0 Å². The van der Waals surface area contributed by atoms with Gasteiger partial charge in [0.1, 0.15) is 0 Å². The van der Waals surface area contributed by atoms with Gasteiger partial charge in [0.05, 0.1) is 11.0 Å². The predicted molar refractivity (Wildman–Crippen MR) is 64.9 cm³/mol. The Bertz CT molecular complexity index is 302. The molecule has 3 unspecified atom stereocenters. The standard InChI is InChI=1S/C11H23NO3S/c1-9-3-2-4-11(7-9)16(14,15)8-10(12)5-6-13/h9-11,13H,2-8,12H2,1H3. The number of nitrogens with two attached hydrogens (primary N) is 1. The van der Waals surface area contributed by atoms with E-state index in [0.717, 1.165) is 25.7 Å². The maximum absolute atomic E-state index is 12.1. The SMILES string of the molecule is CC1CCCC(S(=O)(=O)CC(N)CCO)C1. The van der Waals surface area contributed by atoms with Crippen LogP contribution in [0.25, 0.3) is 0 Å². The molecule has 1 aliphatic rings. The maximum Gasteiger partial charge on any atom is 0.154 e. The lowest BCUT2D eigenvalue weighted by Gasteiger charge is -2.27. The van der Waals surface area contributed by atoms with E-state index in [1.54, 1.807) is 0 Å². The molecular formula is C11H23NO3S. The number of aliphatic hydroxyl groups is 1. The molecule has 1 fully saturated rings. The maximum atomic E-state index is 12.1. The van der Waals surface area contributed by atoms with Gasteiger partial charge in [0.15, 0.2) is 9.84 Å². The lowest BCUT2D eigenvalue weighted by Crippen LogP contribution is -2.37. The fraction of sp³-hybridized carbons (Fsp3) is 1.00. The first-order chi connectivity index (χ1) is 7.45. The Kier molecular flexibility index (Phi) is 5.21. The highest BCUT2D eigenvalue weighted by atomic mass is 32.2. The molecule has 1 rings (SSSR count). The zero-order valence-electron chi connectivity index (χ0n) is 9.93. The van der Waals surface area contributed by atoms with Gasteiger partial charge in [-0.15, -0.1) is 0 Å². The van der Waals surface area contributed by atoms with Crippen molar-refractivity contribution in [1.82, 2.24) is 0 Å². The number of aliphatic hydroxyl groups excluding tert-OH is 1. The average Bonchev–Trinajstić information content (AvgIpc) is 2.17. The molecule has 4 nitrogen and oxygen atoms in total. The molecule has 0 radical (unpaired) electrons. The largest absolute Gasteiger partial charge is 0.396 e. The van der Waals surface area contributed by atoms with E-state index >= 15 is 0 Å². The smallest absolute Gasteiger partial charge is 0.154 e. The van der Waals surface area contributed by atoms with Crippen molar-refractivity contribution in [3.8, 4) is 0 Å². The van der Waals surface area contributed by atoms with Crippen LogP contribution in [0.4, 0.5) is 0 Å². The molecule has 0 heterocycles. The quantitative estimate of drug-likeness (QED) is 0.751. The lowest BCUT2D eigenvalue weighted by atomic mass is 9.91. The summed E-state index contributed by atoms with van der Waals surface area (Å²) in [5.41, 5.74) is 5.67. The Hall–Kier alpha value is -0.130. The van der Waals surface area contributed by atoms with E-state index < -0.39 is 15.9 Å². The fourth-order valence-electron chi connectivity index (χ4n) is 2.39. The monoisotopic (exact) mass is 249 g/mol. The summed E-state index contributed by atoms with van der Waals surface area (Å²) in [5, 5.41) is 8.50. The molecule has 96 valence electrons. The van der Waals surface area contributed by atoms with Gasteiger partial charge in [-0.05, 0) is 25.2 Å². The van der Waals surface area contributed by atoms with Crippen LogP contribution in [0.15, 0.2) is 0 Å². The van der Waals surface area contributed by atoms with Crippen LogP contribution in [0.1, 0.15) is 39.0 Å². The third-order valence-corrected chi connectivity index (χ3v) is 5.68. The van der Waals surface area contributed by atoms with Gasteiger partial charge >= 0.3 is 0 Å². The topological polar surface area (TPSA) is 80.4 Å². The van der Waals surface area contributed by atoms with Crippen molar-refractivity contribution < 1.29 is 13.5 Å². The van der Waals surface area contributed by atoms with E-state index in [1.807, 2.05) is 0 Å². The summed E-state index contributed by atoms with van der Waals surface area (Å²) in [7, 11) is -3.07. The van der Waals surface area contributed by atoms with Crippen molar-refractivity contribution in [1.29, 1.82) is 0 Å². The van der Waals surface area contributed by atoms with E-state index in [4.69, 9.17) is 10.8 Å². The molecule has 0 aromatic heterocycles. The molecular weight excluding hydrogens is 226 g/mol. The molecule has 0 spiro atoms. The molecule has 0 amide bonds. The van der Waals surface area contributed by atoms with Crippen molar-refractivity contribution in [3.05, 3.63) is 0 Å². The van der Waals surface area contributed by atoms with Crippen LogP contribution in [0.5, 0.6) is 0 Å². The molecule has 0 aliphatic heterocycles. The third-order valence-electron chi connectivity index (χ3n) is 3.34. The minimum Gasteiger partial charge on any atom is -0.396 e. The van der Waals surface area contributed by atoms with Gasteiger partial charge in [-0.1, -0.05) is 19.8 Å². The van der Waals surface area contributed by atoms with E-state index in [1.165, 1.54) is 0 Å². The van der Waals surface area contributed by atoms with Crippen molar-refractivity contribution in [2.45, 2.75) is 50.3 Å². The van der Waals surface area contributed by atoms with Crippen LogP contribution in [-0.4, -0.2) is 37.2 Å². The molecule has 0 bridgehead atoms. The van der Waals surface area contributed by atoms with Gasteiger partial charge in [-0.3, -0.25) is 0 Å². The minimum atomic E-state index is -3.07. The molecule has 0 saturated heterocycles. The Labute approximate surface area is 98.1 Å². The summed E-state index contributed by atoms with van der Waals surface area (Å²) >= 11 is 0. The van der Waals surface area contributed by atoms with E-state index in [0.29, 0.717) is 12.3 Å². The first-order valence-corrected chi connectivity index (χ1v) is 7.75. The molecule has 0 aromatic rings. The molecule has 5 heteroatoms. The number of hydrogen-bond acceptors (Lipinski definition) is 4. The summed E-state index contributed by atoms with van der Waals surface area (Å²) in [6, 6.07) is -0.424. The van der Waals surface area contributed by atoms with Gasteiger partial charge in [-0.25, -0.2) is 8.42 Å². The Morgan fingerprint density at radius 3 is 2.69 bits per heavy atom. The number of rotatable bonds is 5. The Balaban J connectivity index is 2.55. The summed E-state index contributed by atoms with van der Waals surface area (Å²) in [6.45, 7) is 2.06. The van der Waals surface area contributed by atoms with Crippen LogP contribution >= 0.6 is 0 Å². The first-order valence-electron chi connectivity index (χ1n) is 6.03. The predicted octanol–water partition coefficient (Wildman–Crippen LogP) is 0.690. The summed E-state index contributed by atoms with van der Waals surface area (Å²) in [4.78, 5) is 0.